The molecule has 0 atom stereocenters. The molecule has 6 heteroatoms. The summed E-state index contributed by atoms with van der Waals surface area (Å²) < 4.78 is 7.33. The van der Waals surface area contributed by atoms with Crippen molar-refractivity contribution in [1.29, 1.82) is 5.26 Å². The second kappa shape index (κ2) is 8.18. The minimum atomic E-state index is -0.0246. The van der Waals surface area contributed by atoms with Gasteiger partial charge in [-0.3, -0.25) is 4.79 Å². The van der Waals surface area contributed by atoms with Crippen LogP contribution >= 0.6 is 31.9 Å². The van der Waals surface area contributed by atoms with E-state index in [0.29, 0.717) is 31.7 Å². The second-order valence-electron chi connectivity index (χ2n) is 3.90. The lowest BCUT2D eigenvalue weighted by molar-refractivity contribution is -0.130. The average Bonchev–Trinajstić information content (AvgIpc) is 2.38. The van der Waals surface area contributed by atoms with Crippen molar-refractivity contribution in [1.82, 2.24) is 4.90 Å². The molecule has 0 heterocycles. The van der Waals surface area contributed by atoms with Gasteiger partial charge in [-0.2, -0.15) is 5.26 Å². The number of hydrogen-bond donors (Lipinski definition) is 0. The summed E-state index contributed by atoms with van der Waals surface area (Å²) in [5.74, 6) is 0.680. The molecule has 0 radical (unpaired) electrons. The van der Waals surface area contributed by atoms with Crippen LogP contribution in [0, 0.1) is 11.3 Å². The molecule has 0 aliphatic rings. The first-order valence-electron chi connectivity index (χ1n) is 5.73. The maximum atomic E-state index is 11.7. The highest BCUT2D eigenvalue weighted by molar-refractivity contribution is 9.11. The summed E-state index contributed by atoms with van der Waals surface area (Å²) >= 11 is 6.75. The van der Waals surface area contributed by atoms with Gasteiger partial charge in [-0.05, 0) is 34.1 Å². The van der Waals surface area contributed by atoms with Crippen LogP contribution in [0.5, 0.6) is 5.75 Å². The van der Waals surface area contributed by atoms with Gasteiger partial charge in [0.05, 0.1) is 30.0 Å². The minimum Gasteiger partial charge on any atom is -0.492 e. The molecule has 19 heavy (non-hydrogen) atoms. The van der Waals surface area contributed by atoms with Gasteiger partial charge in [0.25, 0.3) is 0 Å². The van der Waals surface area contributed by atoms with Crippen molar-refractivity contribution in [3.63, 3.8) is 0 Å². The molecule has 1 rings (SSSR count). The quantitative estimate of drug-likeness (QED) is 0.749. The third-order valence-corrected chi connectivity index (χ3v) is 3.57. The number of hydrogen-bond acceptors (Lipinski definition) is 3. The van der Waals surface area contributed by atoms with Gasteiger partial charge in [-0.15, -0.1) is 0 Å². The predicted molar refractivity (Wildman–Crippen MR) is 79.8 cm³/mol. The summed E-state index contributed by atoms with van der Waals surface area (Å²) in [7, 11) is 1.69. The fourth-order valence-electron chi connectivity index (χ4n) is 1.37. The molecule has 1 amide bonds. The topological polar surface area (TPSA) is 53.3 Å². The van der Waals surface area contributed by atoms with Crippen LogP contribution in [0.25, 0.3) is 0 Å². The maximum Gasteiger partial charge on any atom is 0.225 e. The van der Waals surface area contributed by atoms with Crippen LogP contribution in [0.3, 0.4) is 0 Å². The van der Waals surface area contributed by atoms with Crippen LogP contribution < -0.4 is 4.74 Å². The maximum absolute atomic E-state index is 11.7. The van der Waals surface area contributed by atoms with E-state index < -0.39 is 0 Å². The summed E-state index contributed by atoms with van der Waals surface area (Å²) in [6.45, 7) is 0.771. The molecule has 0 saturated heterocycles. The fraction of sp³-hybridized carbons (Fsp3) is 0.385. The number of halogens is 2. The minimum absolute atomic E-state index is 0.0246. The molecule has 1 aromatic rings. The number of nitriles is 1. The standard InChI is InChI=1S/C13H14Br2N2O2/c1-17(7-2-6-16)13(18)5-8-19-12-4-3-10(14)9-11(12)15/h3-4,9H,2,5,7-8H2,1H3. The van der Waals surface area contributed by atoms with Crippen molar-refractivity contribution in [2.24, 2.45) is 0 Å². The Kier molecular flexibility index (Phi) is 6.89. The van der Waals surface area contributed by atoms with Crippen LogP contribution in [0.2, 0.25) is 0 Å². The van der Waals surface area contributed by atoms with Crippen molar-refractivity contribution >= 4 is 37.8 Å². The van der Waals surface area contributed by atoms with Gasteiger partial charge in [0.2, 0.25) is 5.91 Å². The molecule has 0 aliphatic heterocycles. The van der Waals surface area contributed by atoms with Crippen molar-refractivity contribution < 1.29 is 9.53 Å². The Hall–Kier alpha value is -1.06. The molecule has 0 spiro atoms. The monoisotopic (exact) mass is 388 g/mol. The van der Waals surface area contributed by atoms with E-state index in [0.717, 1.165) is 8.95 Å². The molecular weight excluding hydrogens is 376 g/mol. The highest BCUT2D eigenvalue weighted by atomic mass is 79.9. The van der Waals surface area contributed by atoms with Crippen LogP contribution in [0.1, 0.15) is 12.8 Å². The molecule has 4 nitrogen and oxygen atoms in total. The number of carbonyl (C=O) groups excluding carboxylic acids is 1. The third kappa shape index (κ3) is 5.62. The fourth-order valence-corrected chi connectivity index (χ4v) is 2.54. The Morgan fingerprint density at radius 3 is 2.84 bits per heavy atom. The SMILES string of the molecule is CN(CCC#N)C(=O)CCOc1ccc(Br)cc1Br. The average molecular weight is 390 g/mol. The van der Waals surface area contributed by atoms with E-state index in [2.05, 4.69) is 31.9 Å². The number of carbonyl (C=O) groups is 1. The predicted octanol–water partition coefficient (Wildman–Crippen LogP) is 3.35. The number of rotatable bonds is 6. The highest BCUT2D eigenvalue weighted by Crippen LogP contribution is 2.28. The summed E-state index contributed by atoms with van der Waals surface area (Å²) in [4.78, 5) is 13.2. The Labute approximate surface area is 129 Å². The molecule has 0 bridgehead atoms. The van der Waals surface area contributed by atoms with Crippen LogP contribution in [-0.2, 0) is 4.79 Å². The molecule has 0 aromatic heterocycles. The van der Waals surface area contributed by atoms with Gasteiger partial charge in [0, 0.05) is 18.1 Å². The zero-order valence-electron chi connectivity index (χ0n) is 10.5. The van der Waals surface area contributed by atoms with Crippen molar-refractivity contribution in [2.45, 2.75) is 12.8 Å². The largest absolute Gasteiger partial charge is 0.492 e. The number of benzene rings is 1. The number of nitrogens with zero attached hydrogens (tertiary/aromatic N) is 2. The van der Waals surface area contributed by atoms with Crippen LogP contribution in [0.4, 0.5) is 0 Å². The molecule has 1 aromatic carbocycles. The summed E-state index contributed by atoms with van der Waals surface area (Å²) in [5.41, 5.74) is 0. The first kappa shape index (κ1) is 16.0. The summed E-state index contributed by atoms with van der Waals surface area (Å²) in [6, 6.07) is 7.60. The Morgan fingerprint density at radius 2 is 2.21 bits per heavy atom. The van der Waals surface area contributed by atoms with Crippen LogP contribution in [-0.4, -0.2) is 31.0 Å². The van der Waals surface area contributed by atoms with E-state index >= 15 is 0 Å². The first-order chi connectivity index (χ1) is 9.04. The van der Waals surface area contributed by atoms with E-state index in [1.807, 2.05) is 24.3 Å². The molecule has 0 unspecified atom stereocenters. The summed E-state index contributed by atoms with van der Waals surface area (Å²) in [6.07, 6.45) is 0.645. The zero-order chi connectivity index (χ0) is 14.3. The molecule has 102 valence electrons. The van der Waals surface area contributed by atoms with E-state index in [9.17, 15) is 4.79 Å². The first-order valence-corrected chi connectivity index (χ1v) is 7.32. The summed E-state index contributed by atoms with van der Waals surface area (Å²) in [5, 5.41) is 8.45. The highest BCUT2D eigenvalue weighted by Gasteiger charge is 2.09. The van der Waals surface area contributed by atoms with Gasteiger partial charge >= 0.3 is 0 Å². The lowest BCUT2D eigenvalue weighted by atomic mass is 10.3. The molecule has 0 aliphatic carbocycles. The Morgan fingerprint density at radius 1 is 1.47 bits per heavy atom. The third-order valence-electron chi connectivity index (χ3n) is 2.45. The van der Waals surface area contributed by atoms with Gasteiger partial charge in [-0.25, -0.2) is 0 Å². The number of ether oxygens (including phenoxy) is 1. The molecule has 0 N–H and O–H groups in total. The van der Waals surface area contributed by atoms with Gasteiger partial charge in [-0.1, -0.05) is 15.9 Å². The normalized spacial score (nSPS) is 9.79. The number of amides is 1. The van der Waals surface area contributed by atoms with Crippen LogP contribution in [0.15, 0.2) is 27.1 Å². The zero-order valence-corrected chi connectivity index (χ0v) is 13.7. The Bertz CT molecular complexity index is 486. The lowest BCUT2D eigenvalue weighted by Crippen LogP contribution is -2.28. The molecular formula is C13H14Br2N2O2. The van der Waals surface area contributed by atoms with Gasteiger partial charge < -0.3 is 9.64 Å². The van der Waals surface area contributed by atoms with E-state index in [4.69, 9.17) is 10.00 Å². The lowest BCUT2D eigenvalue weighted by Gasteiger charge is -2.15. The second-order valence-corrected chi connectivity index (χ2v) is 5.67. The smallest absolute Gasteiger partial charge is 0.225 e. The van der Waals surface area contributed by atoms with Crippen molar-refractivity contribution in [3.8, 4) is 11.8 Å². The van der Waals surface area contributed by atoms with Gasteiger partial charge in [0.15, 0.2) is 0 Å². The van der Waals surface area contributed by atoms with E-state index in [-0.39, 0.29) is 5.91 Å². The van der Waals surface area contributed by atoms with E-state index in [1.54, 1.807) is 11.9 Å². The van der Waals surface area contributed by atoms with Crippen molar-refractivity contribution in [3.05, 3.63) is 27.1 Å². The Balaban J connectivity index is 2.38. The van der Waals surface area contributed by atoms with Gasteiger partial charge in [0.1, 0.15) is 5.75 Å². The van der Waals surface area contributed by atoms with Crippen molar-refractivity contribution in [2.75, 3.05) is 20.2 Å². The molecule has 0 fully saturated rings. The molecule has 0 saturated carbocycles. The van der Waals surface area contributed by atoms with E-state index in [1.165, 1.54) is 0 Å².